The zero-order chi connectivity index (χ0) is 19.7. The number of aromatic nitrogens is 2. The fraction of sp³-hybridized carbons (Fsp3) is 0.350. The second-order valence-corrected chi connectivity index (χ2v) is 8.22. The Hall–Kier alpha value is -2.71. The van der Waals surface area contributed by atoms with Gasteiger partial charge < -0.3 is 19.9 Å². The van der Waals surface area contributed by atoms with E-state index < -0.39 is 0 Å². The topological polar surface area (TPSA) is 88.5 Å². The van der Waals surface area contributed by atoms with E-state index in [1.54, 1.807) is 42.7 Å². The molecular weight excluding hydrogens is 376 g/mol. The molecule has 1 aliphatic rings. The minimum Gasteiger partial charge on any atom is -0.497 e. The Bertz CT molecular complexity index is 1070. The van der Waals surface area contributed by atoms with Crippen LogP contribution in [0.2, 0.25) is 0 Å². The summed E-state index contributed by atoms with van der Waals surface area (Å²) in [7, 11) is 3.51. The van der Waals surface area contributed by atoms with Crippen molar-refractivity contribution in [3.8, 4) is 5.75 Å². The van der Waals surface area contributed by atoms with E-state index >= 15 is 0 Å². The standard InChI is InChI=1S/C20H22N4O3S/c1-24(11-17(25)21-12-6-8-13(27-2)9-7-12)10-16-22-19(26)18-14-4-3-5-15(14)28-20(18)23-16/h6-9H,3-5,10-11H2,1-2H3,(H,21,25)(H,22,23,26)/p+1. The van der Waals surface area contributed by atoms with Crippen molar-refractivity contribution in [2.24, 2.45) is 0 Å². The predicted octanol–water partition coefficient (Wildman–Crippen LogP) is 1.14. The molecule has 0 saturated carbocycles. The second-order valence-electron chi connectivity index (χ2n) is 7.14. The first-order valence-corrected chi connectivity index (χ1v) is 10.1. The normalized spacial score (nSPS) is 14.1. The highest BCUT2D eigenvalue weighted by Gasteiger charge is 2.22. The summed E-state index contributed by atoms with van der Waals surface area (Å²) in [6.07, 6.45) is 3.13. The van der Waals surface area contributed by atoms with Crippen molar-refractivity contribution in [3.05, 3.63) is 50.9 Å². The average molecular weight is 399 g/mol. The number of amides is 1. The van der Waals surface area contributed by atoms with E-state index in [1.807, 2.05) is 7.05 Å². The number of nitrogens with zero attached hydrogens (tertiary/aromatic N) is 1. The number of aryl methyl sites for hydroxylation is 2. The monoisotopic (exact) mass is 399 g/mol. The van der Waals surface area contributed by atoms with Crippen LogP contribution in [0.5, 0.6) is 5.75 Å². The highest BCUT2D eigenvalue weighted by atomic mass is 32.1. The number of likely N-dealkylation sites (N-methyl/N-ethyl adjacent to an activating group) is 1. The molecule has 0 radical (unpaired) electrons. The molecule has 0 aliphatic heterocycles. The summed E-state index contributed by atoms with van der Waals surface area (Å²) < 4.78 is 5.11. The predicted molar refractivity (Wildman–Crippen MR) is 109 cm³/mol. The van der Waals surface area contributed by atoms with Crippen molar-refractivity contribution in [2.45, 2.75) is 25.8 Å². The molecule has 8 heteroatoms. The van der Waals surface area contributed by atoms with E-state index in [-0.39, 0.29) is 18.0 Å². The van der Waals surface area contributed by atoms with E-state index in [0.29, 0.717) is 12.4 Å². The molecule has 28 heavy (non-hydrogen) atoms. The molecule has 146 valence electrons. The van der Waals surface area contributed by atoms with Crippen LogP contribution in [0.1, 0.15) is 22.7 Å². The second kappa shape index (κ2) is 7.73. The van der Waals surface area contributed by atoms with E-state index in [0.717, 1.165) is 45.8 Å². The summed E-state index contributed by atoms with van der Waals surface area (Å²) in [4.78, 5) is 35.4. The molecule has 2 heterocycles. The number of H-pyrrole nitrogens is 1. The zero-order valence-corrected chi connectivity index (χ0v) is 16.7. The molecule has 3 aromatic rings. The van der Waals surface area contributed by atoms with Crippen LogP contribution in [0.4, 0.5) is 5.69 Å². The minimum absolute atomic E-state index is 0.0603. The van der Waals surface area contributed by atoms with E-state index in [1.165, 1.54) is 10.4 Å². The number of ether oxygens (including phenoxy) is 1. The van der Waals surface area contributed by atoms with Gasteiger partial charge in [-0.25, -0.2) is 4.98 Å². The number of fused-ring (bicyclic) bond motifs is 3. The van der Waals surface area contributed by atoms with Crippen molar-refractivity contribution in [1.29, 1.82) is 0 Å². The summed E-state index contributed by atoms with van der Waals surface area (Å²) >= 11 is 1.63. The number of hydrogen-bond donors (Lipinski definition) is 3. The molecule has 1 aromatic carbocycles. The summed E-state index contributed by atoms with van der Waals surface area (Å²) in [6, 6.07) is 7.20. The van der Waals surface area contributed by atoms with Crippen molar-refractivity contribution in [2.75, 3.05) is 26.0 Å². The van der Waals surface area contributed by atoms with Gasteiger partial charge in [0.15, 0.2) is 12.4 Å². The number of thiophene rings is 1. The Balaban J connectivity index is 1.41. The SMILES string of the molecule is COc1ccc(NC(=O)C[NH+](C)Cc2nc3sc4c(c3c(=O)[nH]2)CCC4)cc1. The summed E-state index contributed by atoms with van der Waals surface area (Å²) in [5, 5.41) is 3.63. The first-order valence-electron chi connectivity index (χ1n) is 9.32. The van der Waals surface area contributed by atoms with Gasteiger partial charge in [0.05, 0.1) is 19.5 Å². The molecule has 1 atom stereocenters. The van der Waals surface area contributed by atoms with Crippen LogP contribution in [0, 0.1) is 0 Å². The number of hydrogen-bond acceptors (Lipinski definition) is 5. The third-order valence-corrected chi connectivity index (χ3v) is 6.12. The highest BCUT2D eigenvalue weighted by Crippen LogP contribution is 2.34. The van der Waals surface area contributed by atoms with Crippen molar-refractivity contribution in [3.63, 3.8) is 0 Å². The number of anilines is 1. The Morgan fingerprint density at radius 2 is 2.11 bits per heavy atom. The van der Waals surface area contributed by atoms with E-state index in [4.69, 9.17) is 4.74 Å². The molecular formula is C20H23N4O3S+. The number of aromatic amines is 1. The van der Waals surface area contributed by atoms with Gasteiger partial charge in [0, 0.05) is 10.6 Å². The lowest BCUT2D eigenvalue weighted by molar-refractivity contribution is -0.885. The third-order valence-electron chi connectivity index (χ3n) is 4.93. The summed E-state index contributed by atoms with van der Waals surface area (Å²) in [5.74, 6) is 1.26. The Morgan fingerprint density at radius 1 is 1.32 bits per heavy atom. The number of carbonyl (C=O) groups is 1. The highest BCUT2D eigenvalue weighted by molar-refractivity contribution is 7.18. The van der Waals surface area contributed by atoms with Gasteiger partial charge in [-0.2, -0.15) is 0 Å². The maximum Gasteiger partial charge on any atom is 0.279 e. The lowest BCUT2D eigenvalue weighted by Gasteiger charge is -2.13. The number of nitrogens with one attached hydrogen (secondary N) is 3. The molecule has 0 bridgehead atoms. The Morgan fingerprint density at radius 3 is 2.86 bits per heavy atom. The molecule has 0 saturated heterocycles. The van der Waals surface area contributed by atoms with Gasteiger partial charge in [0.1, 0.15) is 17.1 Å². The maximum absolute atomic E-state index is 12.5. The first-order chi connectivity index (χ1) is 13.5. The van der Waals surface area contributed by atoms with Gasteiger partial charge in [0.2, 0.25) is 0 Å². The van der Waals surface area contributed by atoms with E-state index in [2.05, 4.69) is 15.3 Å². The van der Waals surface area contributed by atoms with Gasteiger partial charge in [-0.15, -0.1) is 11.3 Å². The van der Waals surface area contributed by atoms with Gasteiger partial charge in [-0.1, -0.05) is 0 Å². The molecule has 1 unspecified atom stereocenters. The van der Waals surface area contributed by atoms with Crippen LogP contribution in [-0.2, 0) is 24.2 Å². The van der Waals surface area contributed by atoms with Crippen molar-refractivity contribution >= 4 is 33.1 Å². The van der Waals surface area contributed by atoms with E-state index in [9.17, 15) is 9.59 Å². The summed E-state index contributed by atoms with van der Waals surface area (Å²) in [6.45, 7) is 0.749. The Labute approximate surface area is 166 Å². The molecule has 1 amide bonds. The van der Waals surface area contributed by atoms with Gasteiger partial charge in [-0.05, 0) is 49.1 Å². The smallest absolute Gasteiger partial charge is 0.279 e. The zero-order valence-electron chi connectivity index (χ0n) is 15.9. The Kier molecular flexibility index (Phi) is 5.15. The number of quaternary nitrogens is 1. The molecule has 3 N–H and O–H groups in total. The van der Waals surface area contributed by atoms with Gasteiger partial charge >= 0.3 is 0 Å². The van der Waals surface area contributed by atoms with Crippen LogP contribution in [-0.4, -0.2) is 36.6 Å². The fourth-order valence-electron chi connectivity index (χ4n) is 3.63. The summed E-state index contributed by atoms with van der Waals surface area (Å²) in [5.41, 5.74) is 1.84. The molecule has 0 fully saturated rings. The number of carbonyl (C=O) groups excluding carboxylic acids is 1. The van der Waals surface area contributed by atoms with Crippen LogP contribution in [0.25, 0.3) is 10.2 Å². The lowest BCUT2D eigenvalue weighted by Crippen LogP contribution is -3.08. The largest absolute Gasteiger partial charge is 0.497 e. The van der Waals surface area contributed by atoms with Gasteiger partial charge in [-0.3, -0.25) is 9.59 Å². The maximum atomic E-state index is 12.5. The number of methoxy groups -OCH3 is 1. The average Bonchev–Trinajstić information content (AvgIpc) is 3.22. The number of rotatable bonds is 6. The number of benzene rings is 1. The van der Waals surface area contributed by atoms with Crippen LogP contribution < -0.4 is 20.5 Å². The van der Waals surface area contributed by atoms with Gasteiger partial charge in [0.25, 0.3) is 11.5 Å². The fourth-order valence-corrected chi connectivity index (χ4v) is 4.91. The van der Waals surface area contributed by atoms with Crippen LogP contribution in [0.15, 0.2) is 29.1 Å². The minimum atomic E-state index is -0.0961. The third kappa shape index (κ3) is 3.79. The molecule has 0 spiro atoms. The van der Waals surface area contributed by atoms with Crippen molar-refractivity contribution < 1.29 is 14.4 Å². The molecule has 1 aliphatic carbocycles. The van der Waals surface area contributed by atoms with Crippen molar-refractivity contribution in [1.82, 2.24) is 9.97 Å². The lowest BCUT2D eigenvalue weighted by atomic mass is 10.2. The molecule has 7 nitrogen and oxygen atoms in total. The molecule has 2 aromatic heterocycles. The van der Waals surface area contributed by atoms with Crippen LogP contribution >= 0.6 is 11.3 Å². The van der Waals surface area contributed by atoms with Crippen LogP contribution in [0.3, 0.4) is 0 Å². The molecule has 4 rings (SSSR count). The quantitative estimate of drug-likeness (QED) is 0.580. The first kappa shape index (κ1) is 18.6.